The molecule has 2 rings (SSSR count). The number of imidazole rings is 1. The van der Waals surface area contributed by atoms with Crippen molar-refractivity contribution >= 4 is 5.95 Å². The molecule has 4 nitrogen and oxygen atoms in total. The third kappa shape index (κ3) is 2.50. The predicted molar refractivity (Wildman–Crippen MR) is 61.7 cm³/mol. The van der Waals surface area contributed by atoms with Gasteiger partial charge in [-0.3, -0.25) is 0 Å². The monoisotopic (exact) mass is 208 g/mol. The van der Waals surface area contributed by atoms with E-state index in [9.17, 15) is 0 Å². The first-order chi connectivity index (χ1) is 7.29. The van der Waals surface area contributed by atoms with Crippen LogP contribution in [0.1, 0.15) is 26.2 Å². The molecular weight excluding hydrogens is 188 g/mol. The molecular formula is C11H20N4. The van der Waals surface area contributed by atoms with Gasteiger partial charge in [0.05, 0.1) is 0 Å². The topological polar surface area (TPSA) is 55.9 Å². The van der Waals surface area contributed by atoms with Gasteiger partial charge >= 0.3 is 0 Å². The van der Waals surface area contributed by atoms with Gasteiger partial charge in [-0.25, -0.2) is 4.98 Å². The molecule has 0 saturated heterocycles. The Hall–Kier alpha value is -1.03. The van der Waals surface area contributed by atoms with Crippen molar-refractivity contribution in [3.05, 3.63) is 12.4 Å². The minimum Gasteiger partial charge on any atom is -0.355 e. The fourth-order valence-corrected chi connectivity index (χ4v) is 2.27. The van der Waals surface area contributed by atoms with Crippen LogP contribution in [0.4, 0.5) is 5.95 Å². The summed E-state index contributed by atoms with van der Waals surface area (Å²) in [6, 6.07) is 0.419. The molecule has 3 N–H and O–H groups in total. The fourth-order valence-electron chi connectivity index (χ4n) is 2.27. The van der Waals surface area contributed by atoms with E-state index in [1.165, 1.54) is 12.8 Å². The van der Waals surface area contributed by atoms with Gasteiger partial charge in [0.2, 0.25) is 5.95 Å². The van der Waals surface area contributed by atoms with E-state index in [0.717, 1.165) is 31.4 Å². The summed E-state index contributed by atoms with van der Waals surface area (Å²) < 4.78 is 2.12. The second-order valence-electron chi connectivity index (χ2n) is 4.36. The molecule has 1 saturated carbocycles. The molecule has 4 heteroatoms. The van der Waals surface area contributed by atoms with Gasteiger partial charge in [-0.2, -0.15) is 0 Å². The lowest BCUT2D eigenvalue weighted by molar-refractivity contribution is 0.561. The van der Waals surface area contributed by atoms with E-state index in [1.807, 2.05) is 12.4 Å². The van der Waals surface area contributed by atoms with Crippen LogP contribution in [0.5, 0.6) is 0 Å². The normalized spacial score (nSPS) is 25.7. The van der Waals surface area contributed by atoms with Crippen LogP contribution >= 0.6 is 0 Å². The summed E-state index contributed by atoms with van der Waals surface area (Å²) >= 11 is 0. The van der Waals surface area contributed by atoms with Crippen molar-refractivity contribution in [3.8, 4) is 0 Å². The Morgan fingerprint density at radius 1 is 1.60 bits per heavy atom. The Morgan fingerprint density at radius 3 is 3.13 bits per heavy atom. The predicted octanol–water partition coefficient (Wildman–Crippen LogP) is 1.44. The van der Waals surface area contributed by atoms with Crippen molar-refractivity contribution in [2.45, 2.75) is 38.8 Å². The smallest absolute Gasteiger partial charge is 0.202 e. The maximum Gasteiger partial charge on any atom is 0.202 e. The fraction of sp³-hybridized carbons (Fsp3) is 0.727. The van der Waals surface area contributed by atoms with Gasteiger partial charge in [-0.05, 0) is 32.1 Å². The Morgan fingerprint density at radius 2 is 2.47 bits per heavy atom. The van der Waals surface area contributed by atoms with Crippen molar-refractivity contribution in [2.24, 2.45) is 11.7 Å². The SMILES string of the molecule is CCn1ccnc1NCC1CCC(N)C1. The maximum atomic E-state index is 5.88. The highest BCUT2D eigenvalue weighted by molar-refractivity contribution is 5.25. The lowest BCUT2D eigenvalue weighted by Gasteiger charge is -2.12. The summed E-state index contributed by atoms with van der Waals surface area (Å²) in [5, 5.41) is 3.40. The van der Waals surface area contributed by atoms with Gasteiger partial charge in [0.25, 0.3) is 0 Å². The van der Waals surface area contributed by atoms with Crippen molar-refractivity contribution in [2.75, 3.05) is 11.9 Å². The van der Waals surface area contributed by atoms with Crippen LogP contribution in [0.2, 0.25) is 0 Å². The van der Waals surface area contributed by atoms with E-state index in [0.29, 0.717) is 6.04 Å². The van der Waals surface area contributed by atoms with Gasteiger partial charge in [-0.15, -0.1) is 0 Å². The van der Waals surface area contributed by atoms with Gasteiger partial charge in [0.1, 0.15) is 0 Å². The Labute approximate surface area is 90.9 Å². The lowest BCUT2D eigenvalue weighted by atomic mass is 10.1. The first kappa shape index (κ1) is 10.5. The van der Waals surface area contributed by atoms with Crippen LogP contribution in [-0.4, -0.2) is 22.1 Å². The third-order valence-corrected chi connectivity index (χ3v) is 3.19. The van der Waals surface area contributed by atoms with Crippen LogP contribution in [0.25, 0.3) is 0 Å². The number of aryl methyl sites for hydroxylation is 1. The van der Waals surface area contributed by atoms with Gasteiger partial charge in [-0.1, -0.05) is 0 Å². The molecule has 15 heavy (non-hydrogen) atoms. The summed E-state index contributed by atoms with van der Waals surface area (Å²) in [6.07, 6.45) is 7.42. The molecule has 1 aromatic rings. The molecule has 2 unspecified atom stereocenters. The van der Waals surface area contributed by atoms with Crippen molar-refractivity contribution in [1.82, 2.24) is 9.55 Å². The van der Waals surface area contributed by atoms with E-state index < -0.39 is 0 Å². The van der Waals surface area contributed by atoms with E-state index in [2.05, 4.69) is 21.8 Å². The Kier molecular flexibility index (Phi) is 3.26. The van der Waals surface area contributed by atoms with E-state index in [-0.39, 0.29) is 0 Å². The molecule has 1 heterocycles. The van der Waals surface area contributed by atoms with E-state index in [4.69, 9.17) is 5.73 Å². The number of hydrogen-bond acceptors (Lipinski definition) is 3. The molecule has 0 bridgehead atoms. The highest BCUT2D eigenvalue weighted by Gasteiger charge is 2.21. The Balaban J connectivity index is 1.83. The lowest BCUT2D eigenvalue weighted by Crippen LogP contribution is -2.18. The van der Waals surface area contributed by atoms with Gasteiger partial charge < -0.3 is 15.6 Å². The number of rotatable bonds is 4. The van der Waals surface area contributed by atoms with Crippen LogP contribution in [0.15, 0.2) is 12.4 Å². The largest absolute Gasteiger partial charge is 0.355 e. The van der Waals surface area contributed by atoms with Crippen molar-refractivity contribution in [3.63, 3.8) is 0 Å². The molecule has 0 aliphatic heterocycles. The summed E-state index contributed by atoms with van der Waals surface area (Å²) in [5.41, 5.74) is 5.88. The first-order valence-corrected chi connectivity index (χ1v) is 5.80. The summed E-state index contributed by atoms with van der Waals surface area (Å²) in [6.45, 7) is 4.09. The maximum absolute atomic E-state index is 5.88. The summed E-state index contributed by atoms with van der Waals surface area (Å²) in [4.78, 5) is 4.29. The number of aromatic nitrogens is 2. The molecule has 0 amide bonds. The molecule has 1 aliphatic carbocycles. The van der Waals surface area contributed by atoms with Gasteiger partial charge in [0.15, 0.2) is 0 Å². The minimum absolute atomic E-state index is 0.419. The number of anilines is 1. The number of nitrogens with two attached hydrogens (primary N) is 1. The average molecular weight is 208 g/mol. The first-order valence-electron chi connectivity index (χ1n) is 5.80. The second kappa shape index (κ2) is 4.66. The highest BCUT2D eigenvalue weighted by atomic mass is 15.2. The average Bonchev–Trinajstić information content (AvgIpc) is 2.83. The third-order valence-electron chi connectivity index (χ3n) is 3.19. The van der Waals surface area contributed by atoms with Crippen LogP contribution in [-0.2, 0) is 6.54 Å². The van der Waals surface area contributed by atoms with E-state index >= 15 is 0 Å². The molecule has 0 radical (unpaired) electrons. The molecule has 0 spiro atoms. The summed E-state index contributed by atoms with van der Waals surface area (Å²) in [5.74, 6) is 1.71. The molecule has 1 aliphatic rings. The van der Waals surface area contributed by atoms with Gasteiger partial charge in [0, 0.05) is 31.5 Å². The zero-order valence-electron chi connectivity index (χ0n) is 9.32. The Bertz CT molecular complexity index is 307. The van der Waals surface area contributed by atoms with E-state index in [1.54, 1.807) is 0 Å². The number of nitrogens with one attached hydrogen (secondary N) is 1. The number of nitrogens with zero attached hydrogens (tertiary/aromatic N) is 2. The van der Waals surface area contributed by atoms with Crippen molar-refractivity contribution < 1.29 is 0 Å². The zero-order valence-corrected chi connectivity index (χ0v) is 9.32. The molecule has 2 atom stereocenters. The number of hydrogen-bond donors (Lipinski definition) is 2. The molecule has 1 aromatic heterocycles. The second-order valence-corrected chi connectivity index (χ2v) is 4.36. The molecule has 1 fully saturated rings. The van der Waals surface area contributed by atoms with Crippen molar-refractivity contribution in [1.29, 1.82) is 0 Å². The quantitative estimate of drug-likeness (QED) is 0.787. The minimum atomic E-state index is 0.419. The van der Waals surface area contributed by atoms with Crippen LogP contribution in [0, 0.1) is 5.92 Å². The molecule has 0 aromatic carbocycles. The highest BCUT2D eigenvalue weighted by Crippen LogP contribution is 2.24. The van der Waals surface area contributed by atoms with Crippen LogP contribution < -0.4 is 11.1 Å². The zero-order chi connectivity index (χ0) is 10.7. The summed E-state index contributed by atoms with van der Waals surface area (Å²) in [7, 11) is 0. The van der Waals surface area contributed by atoms with Crippen LogP contribution in [0.3, 0.4) is 0 Å². The molecule has 84 valence electrons. The standard InChI is InChI=1S/C11H20N4/c1-2-15-6-5-13-11(15)14-8-9-3-4-10(12)7-9/h5-6,9-10H,2-4,7-8,12H2,1H3,(H,13,14).